The first kappa shape index (κ1) is 28.1. The van der Waals surface area contributed by atoms with Gasteiger partial charge in [0.1, 0.15) is 5.60 Å². The molecule has 2 saturated carbocycles. The topological polar surface area (TPSA) is 141 Å². The van der Waals surface area contributed by atoms with Crippen LogP contribution in [0.25, 0.3) is 0 Å². The number of fused-ring (bicyclic) bond motifs is 1. The number of amides is 1. The molecule has 0 saturated heterocycles. The van der Waals surface area contributed by atoms with Gasteiger partial charge in [0.15, 0.2) is 5.82 Å². The Hall–Kier alpha value is -3.89. The van der Waals surface area contributed by atoms with Crippen molar-refractivity contribution in [3.8, 4) is 12.1 Å². The predicted molar refractivity (Wildman–Crippen MR) is 148 cm³/mol. The minimum Gasteiger partial charge on any atom is -0.465 e. The lowest BCUT2D eigenvalue weighted by molar-refractivity contribution is 0.0734. The summed E-state index contributed by atoms with van der Waals surface area (Å²) in [5, 5.41) is 36.8. The Bertz CT molecular complexity index is 1270. The van der Waals surface area contributed by atoms with Gasteiger partial charge in [-0.05, 0) is 81.4 Å². The maximum atomic E-state index is 12.2. The van der Waals surface area contributed by atoms with Crippen molar-refractivity contribution in [2.75, 3.05) is 41.5 Å². The number of carboxylic acid groups (broad SMARTS) is 1. The van der Waals surface area contributed by atoms with Crippen molar-refractivity contribution in [1.82, 2.24) is 9.97 Å². The summed E-state index contributed by atoms with van der Waals surface area (Å²) in [4.78, 5) is 26.6. The summed E-state index contributed by atoms with van der Waals surface area (Å²) in [6.45, 7) is 6.77. The number of nitrogens with zero attached hydrogens (tertiary/aromatic N) is 7. The molecule has 0 bridgehead atoms. The van der Waals surface area contributed by atoms with Gasteiger partial charge < -0.3 is 20.0 Å². The maximum absolute atomic E-state index is 12.2. The van der Waals surface area contributed by atoms with Gasteiger partial charge in [-0.1, -0.05) is 0 Å². The Morgan fingerprint density at radius 2 is 1.92 bits per heavy atom. The second-order valence-corrected chi connectivity index (χ2v) is 11.5. The predicted octanol–water partition coefficient (Wildman–Crippen LogP) is 4.70. The van der Waals surface area contributed by atoms with Crippen LogP contribution in [0.2, 0.25) is 0 Å². The summed E-state index contributed by atoms with van der Waals surface area (Å²) < 4.78 is 0. The van der Waals surface area contributed by atoms with E-state index in [-0.39, 0.29) is 11.7 Å². The van der Waals surface area contributed by atoms with Crippen molar-refractivity contribution in [2.24, 2.45) is 17.3 Å². The van der Waals surface area contributed by atoms with E-state index in [0.717, 1.165) is 43.9 Å². The minimum atomic E-state index is -1.13. The van der Waals surface area contributed by atoms with Gasteiger partial charge in [0.05, 0.1) is 53.8 Å². The molecule has 2 fully saturated rings. The number of hydrogen-bond donors (Lipinski definition) is 2. The lowest BCUT2D eigenvalue weighted by atomic mass is 9.71. The van der Waals surface area contributed by atoms with E-state index < -0.39 is 11.7 Å². The van der Waals surface area contributed by atoms with Gasteiger partial charge in [-0.25, -0.2) is 9.78 Å². The summed E-state index contributed by atoms with van der Waals surface area (Å²) >= 11 is 0. The van der Waals surface area contributed by atoms with Crippen LogP contribution >= 0.6 is 0 Å². The zero-order valence-electron chi connectivity index (χ0n) is 23.1. The summed E-state index contributed by atoms with van der Waals surface area (Å²) in [6, 6.07) is 9.89. The highest BCUT2D eigenvalue weighted by molar-refractivity contribution is 5.84. The first-order valence-corrected chi connectivity index (χ1v) is 13.4. The first-order chi connectivity index (χ1) is 18.5. The summed E-state index contributed by atoms with van der Waals surface area (Å²) in [6.07, 6.45) is 7.42. The molecule has 206 valence electrons. The van der Waals surface area contributed by atoms with E-state index in [1.807, 2.05) is 18.2 Å². The number of benzene rings is 1. The molecule has 10 heteroatoms. The Kier molecular flexibility index (Phi) is 7.99. The summed E-state index contributed by atoms with van der Waals surface area (Å²) in [5.41, 5.74) is 2.57. The van der Waals surface area contributed by atoms with E-state index in [2.05, 4.69) is 32.9 Å². The molecule has 5 rings (SSSR count). The van der Waals surface area contributed by atoms with Crippen LogP contribution in [0, 0.1) is 39.9 Å². The molecular formula is C29H37N7O3. The number of aliphatic hydroxyl groups is 1. The highest BCUT2D eigenvalue weighted by Crippen LogP contribution is 2.61. The Morgan fingerprint density at radius 1 is 1.21 bits per heavy atom. The lowest BCUT2D eigenvalue weighted by Crippen LogP contribution is -2.42. The molecule has 2 unspecified atom stereocenters. The van der Waals surface area contributed by atoms with Crippen LogP contribution in [-0.2, 0) is 5.60 Å². The summed E-state index contributed by atoms with van der Waals surface area (Å²) in [7, 11) is 2.08. The van der Waals surface area contributed by atoms with Crippen molar-refractivity contribution in [3.63, 3.8) is 0 Å². The molecule has 1 amide bonds. The lowest BCUT2D eigenvalue weighted by Gasteiger charge is -2.40. The molecule has 2 N–H and O–H groups in total. The zero-order chi connectivity index (χ0) is 28.4. The van der Waals surface area contributed by atoms with Crippen molar-refractivity contribution < 1.29 is 15.0 Å². The number of aromatic nitrogens is 2. The second-order valence-electron chi connectivity index (χ2n) is 11.5. The average Bonchev–Trinajstić information content (AvgIpc) is 3.61. The quantitative estimate of drug-likeness (QED) is 0.542. The normalized spacial score (nSPS) is 20.8. The van der Waals surface area contributed by atoms with Gasteiger partial charge in [-0.15, -0.1) is 0 Å². The minimum absolute atomic E-state index is 0.235. The standard InChI is InChI=1S/C27H34N6O3.C2H3N/c1-26(2,36)23-13-30-24(14-29-23)33(25(34)35)15-19-6-7-27(8-9-27)20(10-19)16-32-17-31(3)21-5-4-18(12-28)11-22(21)32;1-2-3/h4-5,11,13-14,19-20,36H,6-10,15-17H2,1-3H3,(H,34,35);1H3. The Labute approximate surface area is 230 Å². The number of nitriles is 2. The monoisotopic (exact) mass is 531 g/mol. The van der Waals surface area contributed by atoms with Crippen molar-refractivity contribution in [3.05, 3.63) is 41.9 Å². The van der Waals surface area contributed by atoms with Crippen LogP contribution in [0.15, 0.2) is 30.6 Å². The van der Waals surface area contributed by atoms with Gasteiger partial charge >= 0.3 is 6.09 Å². The van der Waals surface area contributed by atoms with Crippen LogP contribution in [-0.4, -0.2) is 53.1 Å². The zero-order valence-corrected chi connectivity index (χ0v) is 23.1. The van der Waals surface area contributed by atoms with Crippen molar-refractivity contribution >= 4 is 23.3 Å². The van der Waals surface area contributed by atoms with Crippen LogP contribution in [0.3, 0.4) is 0 Å². The molecule has 10 nitrogen and oxygen atoms in total. The Morgan fingerprint density at radius 3 is 2.49 bits per heavy atom. The smallest absolute Gasteiger partial charge is 0.413 e. The number of anilines is 3. The summed E-state index contributed by atoms with van der Waals surface area (Å²) in [5.74, 6) is 0.997. The molecule has 2 heterocycles. The van der Waals surface area contributed by atoms with Gasteiger partial charge in [0.2, 0.25) is 0 Å². The first-order valence-electron chi connectivity index (χ1n) is 13.4. The van der Waals surface area contributed by atoms with Crippen LogP contribution in [0.4, 0.5) is 22.0 Å². The highest BCUT2D eigenvalue weighted by atomic mass is 16.4. The fraction of sp³-hybridized carbons (Fsp3) is 0.552. The maximum Gasteiger partial charge on any atom is 0.413 e. The third-order valence-corrected chi connectivity index (χ3v) is 8.32. The van der Waals surface area contributed by atoms with Gasteiger partial charge in [0, 0.05) is 27.1 Å². The molecule has 2 atom stereocenters. The van der Waals surface area contributed by atoms with E-state index >= 15 is 0 Å². The second kappa shape index (κ2) is 11.1. The van der Waals surface area contributed by atoms with Gasteiger partial charge in [-0.3, -0.25) is 9.88 Å². The van der Waals surface area contributed by atoms with Crippen molar-refractivity contribution in [1.29, 1.82) is 10.5 Å². The average molecular weight is 532 g/mol. The van der Waals surface area contributed by atoms with E-state index in [0.29, 0.717) is 29.1 Å². The van der Waals surface area contributed by atoms with Gasteiger partial charge in [-0.2, -0.15) is 10.5 Å². The number of carbonyl (C=O) groups is 1. The fourth-order valence-electron chi connectivity index (χ4n) is 6.02. The van der Waals surface area contributed by atoms with Crippen LogP contribution < -0.4 is 14.7 Å². The molecule has 1 spiro atoms. The van der Waals surface area contributed by atoms with Gasteiger partial charge in [0.25, 0.3) is 0 Å². The van der Waals surface area contributed by atoms with E-state index in [1.54, 1.807) is 19.9 Å². The SMILES string of the molecule is CC#N.CN1CN(CC2CC(CN(C(=O)O)c3cnc(C(C)(C)O)cn3)CCC23CC3)c2cc(C#N)ccc21. The van der Waals surface area contributed by atoms with Crippen LogP contribution in [0.5, 0.6) is 0 Å². The van der Waals surface area contributed by atoms with E-state index in [9.17, 15) is 20.3 Å². The molecule has 3 aliphatic rings. The number of hydrogen-bond acceptors (Lipinski definition) is 8. The molecule has 2 aromatic rings. The molecule has 1 aromatic carbocycles. The van der Waals surface area contributed by atoms with Crippen LogP contribution in [0.1, 0.15) is 64.1 Å². The van der Waals surface area contributed by atoms with E-state index in [4.69, 9.17) is 5.26 Å². The molecule has 0 radical (unpaired) electrons. The largest absolute Gasteiger partial charge is 0.465 e. The molecule has 1 aromatic heterocycles. The van der Waals surface area contributed by atoms with E-state index in [1.165, 1.54) is 37.1 Å². The molecular weight excluding hydrogens is 494 g/mol. The third-order valence-electron chi connectivity index (χ3n) is 8.32. The third kappa shape index (κ3) is 6.07. The fourth-order valence-corrected chi connectivity index (χ4v) is 6.02. The van der Waals surface area contributed by atoms with Crippen molar-refractivity contribution in [2.45, 2.75) is 58.5 Å². The Balaban J connectivity index is 0.00000112. The molecule has 1 aliphatic heterocycles. The molecule has 39 heavy (non-hydrogen) atoms. The molecule has 2 aliphatic carbocycles. The number of rotatable bonds is 6. The highest BCUT2D eigenvalue weighted by Gasteiger charge is 2.52.